The Morgan fingerprint density at radius 2 is 1.90 bits per heavy atom. The van der Waals surface area contributed by atoms with Crippen LogP contribution in [0.25, 0.3) is 0 Å². The van der Waals surface area contributed by atoms with E-state index >= 15 is 0 Å². The maximum atomic E-state index is 12.8. The van der Waals surface area contributed by atoms with Crippen LogP contribution in [0.5, 0.6) is 5.75 Å². The van der Waals surface area contributed by atoms with Gasteiger partial charge in [0.1, 0.15) is 11.5 Å². The first kappa shape index (κ1) is 20.9. The number of esters is 1. The molecule has 4 rings (SSSR count). The molecular formula is C23H21ClN2O5. The van der Waals surface area contributed by atoms with E-state index < -0.39 is 11.9 Å². The van der Waals surface area contributed by atoms with E-state index in [0.29, 0.717) is 40.6 Å². The zero-order valence-electron chi connectivity index (χ0n) is 17.4. The molecule has 31 heavy (non-hydrogen) atoms. The maximum absolute atomic E-state index is 12.8. The Balaban J connectivity index is 1.58. The maximum Gasteiger partial charge on any atom is 0.379 e. The first-order valence-corrected chi connectivity index (χ1v) is 10.2. The molecular weight excluding hydrogens is 420 g/mol. The minimum atomic E-state index is -0.591. The average Bonchev–Trinajstić information content (AvgIpc) is 3.39. The quantitative estimate of drug-likeness (QED) is 0.344. The molecule has 1 aliphatic rings. The minimum absolute atomic E-state index is 0.127. The molecule has 2 heterocycles. The van der Waals surface area contributed by atoms with E-state index in [0.717, 1.165) is 23.1 Å². The number of fused-ring (bicyclic) bond motifs is 1. The number of hydrogen-bond acceptors (Lipinski definition) is 6. The van der Waals surface area contributed by atoms with Crippen LogP contribution >= 0.6 is 11.6 Å². The molecule has 0 fully saturated rings. The zero-order chi connectivity index (χ0) is 22.1. The number of carbonyl (C=O) groups is 2. The average molecular weight is 441 g/mol. The molecule has 3 aromatic rings. The van der Waals surface area contributed by atoms with Crippen molar-refractivity contribution in [2.45, 2.75) is 40.0 Å². The number of hydrazone groups is 1. The van der Waals surface area contributed by atoms with Crippen LogP contribution in [0.3, 0.4) is 0 Å². The molecule has 8 heteroatoms. The molecule has 0 aliphatic heterocycles. The Morgan fingerprint density at radius 3 is 2.58 bits per heavy atom. The number of nitrogens with zero attached hydrogens (tertiary/aromatic N) is 1. The number of ether oxygens (including phenoxy) is 1. The van der Waals surface area contributed by atoms with Gasteiger partial charge in [-0.05, 0) is 69.0 Å². The van der Waals surface area contributed by atoms with Crippen LogP contribution in [0.4, 0.5) is 0 Å². The number of aryl methyl sites for hydroxylation is 3. The van der Waals surface area contributed by atoms with Gasteiger partial charge < -0.3 is 13.6 Å². The second-order valence-electron chi connectivity index (χ2n) is 7.45. The van der Waals surface area contributed by atoms with E-state index in [4.69, 9.17) is 25.2 Å². The van der Waals surface area contributed by atoms with Crippen molar-refractivity contribution in [3.05, 3.63) is 75.1 Å². The van der Waals surface area contributed by atoms with Crippen LogP contribution in [0.2, 0.25) is 5.02 Å². The lowest BCUT2D eigenvalue weighted by Crippen LogP contribution is -2.21. The van der Waals surface area contributed by atoms with Crippen molar-refractivity contribution in [2.24, 2.45) is 5.10 Å². The predicted molar refractivity (Wildman–Crippen MR) is 115 cm³/mol. The van der Waals surface area contributed by atoms with Crippen LogP contribution in [0.1, 0.15) is 62.0 Å². The number of furan rings is 2. The minimum Gasteiger partial charge on any atom is -0.459 e. The van der Waals surface area contributed by atoms with Crippen molar-refractivity contribution in [2.75, 3.05) is 0 Å². The second-order valence-corrected chi connectivity index (χ2v) is 7.82. The van der Waals surface area contributed by atoms with Crippen molar-refractivity contribution in [3.63, 3.8) is 0 Å². The first-order valence-electron chi connectivity index (χ1n) is 9.87. The Morgan fingerprint density at radius 1 is 1.16 bits per heavy atom. The highest BCUT2D eigenvalue weighted by atomic mass is 35.5. The lowest BCUT2D eigenvalue weighted by molar-refractivity contribution is 0.0698. The van der Waals surface area contributed by atoms with Gasteiger partial charge in [-0.2, -0.15) is 5.10 Å². The molecule has 0 saturated heterocycles. The highest BCUT2D eigenvalue weighted by molar-refractivity contribution is 6.32. The number of nitrogens with one attached hydrogen (secondary N) is 1. The van der Waals surface area contributed by atoms with Crippen LogP contribution < -0.4 is 10.2 Å². The highest BCUT2D eigenvalue weighted by Gasteiger charge is 2.29. The fourth-order valence-corrected chi connectivity index (χ4v) is 3.78. The molecule has 7 nitrogen and oxygen atoms in total. The fourth-order valence-electron chi connectivity index (χ4n) is 3.67. The van der Waals surface area contributed by atoms with Crippen LogP contribution in [0.15, 0.2) is 44.5 Å². The van der Waals surface area contributed by atoms with Crippen molar-refractivity contribution >= 4 is 29.2 Å². The van der Waals surface area contributed by atoms with Crippen LogP contribution in [0, 0.1) is 20.8 Å². The van der Waals surface area contributed by atoms with E-state index in [1.54, 1.807) is 31.2 Å². The van der Waals surface area contributed by atoms with Gasteiger partial charge in [0.2, 0.25) is 5.76 Å². The third-order valence-corrected chi connectivity index (χ3v) is 5.77. The molecule has 0 radical (unpaired) electrons. The van der Waals surface area contributed by atoms with E-state index in [2.05, 4.69) is 10.5 Å². The summed E-state index contributed by atoms with van der Waals surface area (Å²) < 4.78 is 16.5. The standard InChI is InChI=1S/C23H21ClN2O5/c1-12-10-15(11-13(2)20(12)24)30-23(28)21-14(3)19-16(6-4-7-17(19)31-21)25-26-22(27)18-8-5-9-29-18/h5,8-11H,4,6-7H2,1-3H3,(H,26,27)/b25-16+. The van der Waals surface area contributed by atoms with Crippen molar-refractivity contribution < 1.29 is 23.2 Å². The predicted octanol–water partition coefficient (Wildman–Crippen LogP) is 5.14. The first-order chi connectivity index (χ1) is 14.8. The van der Waals surface area contributed by atoms with Gasteiger partial charge in [0.25, 0.3) is 0 Å². The number of benzene rings is 1. The molecule has 1 aromatic carbocycles. The van der Waals surface area contributed by atoms with Gasteiger partial charge in [-0.15, -0.1) is 0 Å². The molecule has 1 amide bonds. The SMILES string of the molecule is Cc1cc(OC(=O)c2oc3c(c2C)/C(=N/NC(=O)c2ccco2)CCC3)cc(C)c1Cl. The van der Waals surface area contributed by atoms with Crippen molar-refractivity contribution in [1.82, 2.24) is 5.43 Å². The number of amides is 1. The Labute approximate surface area is 184 Å². The highest BCUT2D eigenvalue weighted by Crippen LogP contribution is 2.31. The van der Waals surface area contributed by atoms with Gasteiger partial charge in [0, 0.05) is 22.6 Å². The van der Waals surface area contributed by atoms with Crippen molar-refractivity contribution in [1.29, 1.82) is 0 Å². The lowest BCUT2D eigenvalue weighted by atomic mass is 9.93. The van der Waals surface area contributed by atoms with Gasteiger partial charge in [-0.3, -0.25) is 4.79 Å². The Kier molecular flexibility index (Phi) is 5.69. The molecule has 0 saturated carbocycles. The van der Waals surface area contributed by atoms with Crippen molar-refractivity contribution in [3.8, 4) is 5.75 Å². The summed E-state index contributed by atoms with van der Waals surface area (Å²) in [5.41, 5.74) is 6.17. The topological polar surface area (TPSA) is 94.0 Å². The molecule has 2 aromatic heterocycles. The molecule has 0 atom stereocenters. The van der Waals surface area contributed by atoms with Gasteiger partial charge in [-0.1, -0.05) is 11.6 Å². The van der Waals surface area contributed by atoms with E-state index in [9.17, 15) is 9.59 Å². The second kappa shape index (κ2) is 8.43. The fraction of sp³-hybridized carbons (Fsp3) is 0.261. The summed E-state index contributed by atoms with van der Waals surface area (Å²) in [6.45, 7) is 5.49. The third-order valence-electron chi connectivity index (χ3n) is 5.17. The molecule has 1 aliphatic carbocycles. The van der Waals surface area contributed by atoms with Crippen LogP contribution in [-0.2, 0) is 6.42 Å². The van der Waals surface area contributed by atoms with E-state index in [-0.39, 0.29) is 11.5 Å². The zero-order valence-corrected chi connectivity index (χ0v) is 18.1. The van der Waals surface area contributed by atoms with E-state index in [1.807, 2.05) is 13.8 Å². The normalized spacial score (nSPS) is 14.4. The monoisotopic (exact) mass is 440 g/mol. The Hall–Kier alpha value is -3.32. The number of rotatable bonds is 4. The Bertz CT molecular complexity index is 1170. The summed E-state index contributed by atoms with van der Waals surface area (Å²) in [5, 5.41) is 4.90. The number of hydrogen-bond donors (Lipinski definition) is 1. The summed E-state index contributed by atoms with van der Waals surface area (Å²) in [6.07, 6.45) is 3.53. The summed E-state index contributed by atoms with van der Waals surface area (Å²) >= 11 is 6.19. The number of carbonyl (C=O) groups excluding carboxylic acids is 2. The van der Waals surface area contributed by atoms with Gasteiger partial charge >= 0.3 is 11.9 Å². The lowest BCUT2D eigenvalue weighted by Gasteiger charge is -2.13. The summed E-state index contributed by atoms with van der Waals surface area (Å²) in [5.74, 6) is 0.318. The summed E-state index contributed by atoms with van der Waals surface area (Å²) in [7, 11) is 0. The number of halogens is 1. The summed E-state index contributed by atoms with van der Waals surface area (Å²) in [4.78, 5) is 24.9. The molecule has 160 valence electrons. The van der Waals surface area contributed by atoms with Gasteiger partial charge in [-0.25, -0.2) is 10.2 Å². The molecule has 1 N–H and O–H groups in total. The molecule has 0 bridgehead atoms. The van der Waals surface area contributed by atoms with Gasteiger partial charge in [0.15, 0.2) is 5.76 Å². The largest absolute Gasteiger partial charge is 0.459 e. The summed E-state index contributed by atoms with van der Waals surface area (Å²) in [6, 6.07) is 6.60. The van der Waals surface area contributed by atoms with Crippen LogP contribution in [-0.4, -0.2) is 17.6 Å². The smallest absolute Gasteiger partial charge is 0.379 e. The molecule has 0 spiro atoms. The molecule has 0 unspecified atom stereocenters. The van der Waals surface area contributed by atoms with E-state index in [1.165, 1.54) is 6.26 Å². The van der Waals surface area contributed by atoms with Gasteiger partial charge in [0.05, 0.1) is 12.0 Å². The third kappa shape index (κ3) is 4.14.